The van der Waals surface area contributed by atoms with Crippen molar-refractivity contribution in [3.63, 3.8) is 0 Å². The molecule has 5 rings (SSSR count). The van der Waals surface area contributed by atoms with Crippen molar-refractivity contribution in [3.05, 3.63) is 75.4 Å². The summed E-state index contributed by atoms with van der Waals surface area (Å²) in [5, 5.41) is 3.37. The van der Waals surface area contributed by atoms with Gasteiger partial charge in [-0.3, -0.25) is 14.4 Å². The van der Waals surface area contributed by atoms with Crippen LogP contribution in [0.5, 0.6) is 0 Å². The molecule has 3 heterocycles. The first kappa shape index (κ1) is 30.3. The second-order valence-corrected chi connectivity index (χ2v) is 14.5. The minimum atomic E-state index is -3.87. The minimum absolute atomic E-state index is 0.0134. The Morgan fingerprint density at radius 1 is 1.02 bits per heavy atom. The summed E-state index contributed by atoms with van der Waals surface area (Å²) in [6, 6.07) is 11.7. The molecule has 0 saturated carbocycles. The lowest BCUT2D eigenvalue weighted by Gasteiger charge is -2.28. The summed E-state index contributed by atoms with van der Waals surface area (Å²) < 4.78 is 40.4. The Hall–Kier alpha value is -3.12. The molecule has 1 N–H and O–H groups in total. The number of imide groups is 1. The molecule has 3 aromatic rings. The highest BCUT2D eigenvalue weighted by molar-refractivity contribution is 7.94. The van der Waals surface area contributed by atoms with Crippen molar-refractivity contribution in [2.45, 2.75) is 42.7 Å². The molecule has 1 aromatic heterocycles. The average molecular weight is 632 g/mol. The topological polar surface area (TPSA) is 104 Å². The van der Waals surface area contributed by atoms with E-state index in [0.29, 0.717) is 15.5 Å². The number of nitrogens with one attached hydrogen (secondary N) is 1. The molecule has 2 amide bonds. The standard InChI is InChI=1S/C30H31ClFN3O5S2/c31-27-9-10-29(41-27)42(39,40)19-23(36)15-20-5-8-26(25(32)16-20)35-28(37)18-21-17-22(6-7-24(21)30(35)38)33-11-4-14-34-12-2-1-3-13-34/h5-10,16-17,33H,1-4,11-15,18-19H2. The summed E-state index contributed by atoms with van der Waals surface area (Å²) in [7, 11) is -3.87. The largest absolute Gasteiger partial charge is 0.385 e. The van der Waals surface area contributed by atoms with E-state index in [4.69, 9.17) is 11.6 Å². The number of amides is 2. The lowest BCUT2D eigenvalue weighted by Crippen LogP contribution is -2.43. The van der Waals surface area contributed by atoms with Crippen LogP contribution in [0.4, 0.5) is 15.8 Å². The molecule has 0 atom stereocenters. The van der Waals surface area contributed by atoms with Gasteiger partial charge in [-0.05, 0) is 92.5 Å². The van der Waals surface area contributed by atoms with E-state index in [2.05, 4.69) is 10.2 Å². The monoisotopic (exact) mass is 631 g/mol. The number of carbonyl (C=O) groups excluding carboxylic acids is 3. The third-order valence-corrected chi connectivity index (χ3v) is 10.9. The van der Waals surface area contributed by atoms with E-state index >= 15 is 4.39 Å². The number of likely N-dealkylation sites (tertiary alicyclic amines) is 1. The van der Waals surface area contributed by atoms with Crippen molar-refractivity contribution >= 4 is 61.7 Å². The molecule has 0 bridgehead atoms. The molecule has 222 valence electrons. The van der Waals surface area contributed by atoms with Gasteiger partial charge in [0.05, 0.1) is 16.4 Å². The maximum absolute atomic E-state index is 15.2. The van der Waals surface area contributed by atoms with Crippen molar-refractivity contribution in [2.24, 2.45) is 0 Å². The number of sulfone groups is 1. The molecule has 0 spiro atoms. The Kier molecular flexibility index (Phi) is 9.41. The summed E-state index contributed by atoms with van der Waals surface area (Å²) >= 11 is 6.66. The number of hydrogen-bond donors (Lipinski definition) is 1. The van der Waals surface area contributed by atoms with Gasteiger partial charge in [0, 0.05) is 24.2 Å². The summed E-state index contributed by atoms with van der Waals surface area (Å²) in [6.45, 7) is 4.11. The van der Waals surface area contributed by atoms with Crippen molar-refractivity contribution in [1.29, 1.82) is 0 Å². The predicted molar refractivity (Wildman–Crippen MR) is 162 cm³/mol. The molecule has 2 aliphatic rings. The quantitative estimate of drug-likeness (QED) is 0.231. The molecule has 0 unspecified atom stereocenters. The first-order chi connectivity index (χ1) is 20.1. The summed E-state index contributed by atoms with van der Waals surface area (Å²) in [5.74, 6) is -3.41. The Labute approximate surface area is 253 Å². The fraction of sp³-hybridized carbons (Fsp3) is 0.367. The summed E-state index contributed by atoms with van der Waals surface area (Å²) in [5.41, 5.74) is 1.75. The van der Waals surface area contributed by atoms with Gasteiger partial charge >= 0.3 is 0 Å². The average Bonchev–Trinajstić information content (AvgIpc) is 3.40. The Morgan fingerprint density at radius 3 is 2.52 bits per heavy atom. The van der Waals surface area contributed by atoms with Gasteiger partial charge < -0.3 is 10.2 Å². The smallest absolute Gasteiger partial charge is 0.265 e. The number of ketones is 1. The van der Waals surface area contributed by atoms with Crippen LogP contribution in [0, 0.1) is 5.82 Å². The normalized spacial score (nSPS) is 16.0. The number of rotatable bonds is 11. The zero-order chi connectivity index (χ0) is 29.9. The SMILES string of the molecule is O=C(Cc1ccc(N2C(=O)Cc3cc(NCCCN4CCCCC4)ccc3C2=O)c(F)c1)CS(=O)(=O)c1ccc(Cl)s1. The summed E-state index contributed by atoms with van der Waals surface area (Å²) in [4.78, 5) is 42.0. The Balaban J connectivity index is 1.21. The van der Waals surface area contributed by atoms with Gasteiger partial charge in [0.2, 0.25) is 5.91 Å². The molecule has 1 fully saturated rings. The van der Waals surface area contributed by atoms with Crippen LogP contribution in [-0.2, 0) is 32.3 Å². The Bertz CT molecular complexity index is 1620. The predicted octanol–water partition coefficient (Wildman–Crippen LogP) is 5.14. The minimum Gasteiger partial charge on any atom is -0.385 e. The molecule has 0 aliphatic carbocycles. The van der Waals surface area contributed by atoms with Gasteiger partial charge in [-0.2, -0.15) is 0 Å². The zero-order valence-corrected chi connectivity index (χ0v) is 25.3. The molecule has 2 aliphatic heterocycles. The fourth-order valence-corrected chi connectivity index (χ4v) is 8.18. The highest BCUT2D eigenvalue weighted by atomic mass is 35.5. The molecule has 1 saturated heterocycles. The van der Waals surface area contributed by atoms with Gasteiger partial charge in [0.15, 0.2) is 15.6 Å². The summed E-state index contributed by atoms with van der Waals surface area (Å²) in [6.07, 6.45) is 4.42. The van der Waals surface area contributed by atoms with Gasteiger partial charge in [-0.1, -0.05) is 24.1 Å². The number of anilines is 2. The number of thiophene rings is 1. The van der Waals surface area contributed by atoms with Crippen LogP contribution in [0.15, 0.2) is 52.7 Å². The number of nitrogens with zero attached hydrogens (tertiary/aromatic N) is 2. The van der Waals surface area contributed by atoms with E-state index in [9.17, 15) is 22.8 Å². The van der Waals surface area contributed by atoms with Crippen molar-refractivity contribution < 1.29 is 27.2 Å². The van der Waals surface area contributed by atoms with Crippen LogP contribution in [0.2, 0.25) is 4.34 Å². The van der Waals surface area contributed by atoms with Gasteiger partial charge in [0.1, 0.15) is 15.8 Å². The van der Waals surface area contributed by atoms with Crippen LogP contribution >= 0.6 is 22.9 Å². The van der Waals surface area contributed by atoms with Crippen LogP contribution < -0.4 is 10.2 Å². The molecule has 0 radical (unpaired) electrons. The van der Waals surface area contributed by atoms with Crippen LogP contribution in [0.1, 0.15) is 47.2 Å². The van der Waals surface area contributed by atoms with Crippen LogP contribution in [0.25, 0.3) is 0 Å². The van der Waals surface area contributed by atoms with E-state index in [1.807, 2.05) is 0 Å². The molecule has 8 nitrogen and oxygen atoms in total. The van der Waals surface area contributed by atoms with E-state index in [-0.39, 0.29) is 28.3 Å². The number of Topliss-reactive ketones (excluding diaryl/α,β-unsaturated/α-hetero) is 1. The van der Waals surface area contributed by atoms with Gasteiger partial charge in [0.25, 0.3) is 5.91 Å². The van der Waals surface area contributed by atoms with E-state index in [1.165, 1.54) is 43.5 Å². The number of fused-ring (bicyclic) bond motifs is 1. The highest BCUT2D eigenvalue weighted by Gasteiger charge is 2.34. The molecular weight excluding hydrogens is 601 g/mol. The molecule has 42 heavy (non-hydrogen) atoms. The van der Waals surface area contributed by atoms with Gasteiger partial charge in [-0.15, -0.1) is 11.3 Å². The lowest BCUT2D eigenvalue weighted by molar-refractivity contribution is -0.118. The lowest BCUT2D eigenvalue weighted by atomic mass is 9.96. The number of carbonyl (C=O) groups is 3. The first-order valence-electron chi connectivity index (χ1n) is 13.9. The number of halogens is 2. The van der Waals surface area contributed by atoms with Crippen LogP contribution in [0.3, 0.4) is 0 Å². The van der Waals surface area contributed by atoms with Crippen LogP contribution in [-0.4, -0.2) is 62.8 Å². The number of hydrogen-bond acceptors (Lipinski definition) is 8. The zero-order valence-electron chi connectivity index (χ0n) is 22.9. The van der Waals surface area contributed by atoms with Gasteiger partial charge in [-0.25, -0.2) is 17.7 Å². The number of piperidine rings is 1. The maximum atomic E-state index is 15.2. The molecular formula is C30H31ClFN3O5S2. The van der Waals surface area contributed by atoms with Crippen molar-refractivity contribution in [1.82, 2.24) is 4.90 Å². The third kappa shape index (κ3) is 7.08. The first-order valence-corrected chi connectivity index (χ1v) is 16.7. The highest BCUT2D eigenvalue weighted by Crippen LogP contribution is 2.30. The molecule has 2 aromatic carbocycles. The Morgan fingerprint density at radius 2 is 1.81 bits per heavy atom. The van der Waals surface area contributed by atoms with Crippen molar-refractivity contribution in [3.8, 4) is 0 Å². The second kappa shape index (κ2) is 13.0. The second-order valence-electron chi connectivity index (χ2n) is 10.6. The van der Waals surface area contributed by atoms with E-state index in [1.54, 1.807) is 18.2 Å². The third-order valence-electron chi connectivity index (χ3n) is 7.42. The van der Waals surface area contributed by atoms with E-state index < -0.39 is 39.0 Å². The molecule has 12 heteroatoms. The maximum Gasteiger partial charge on any atom is 0.265 e. The van der Waals surface area contributed by atoms with E-state index in [0.717, 1.165) is 60.6 Å². The van der Waals surface area contributed by atoms with Crippen molar-refractivity contribution in [2.75, 3.05) is 42.1 Å². The fourth-order valence-electron chi connectivity index (χ4n) is 5.36. The number of benzene rings is 2.